The molecular formula is C47H30N4. The van der Waals surface area contributed by atoms with Gasteiger partial charge in [0.2, 0.25) is 0 Å². The fourth-order valence-corrected chi connectivity index (χ4v) is 7.56. The van der Waals surface area contributed by atoms with Crippen LogP contribution in [-0.4, -0.2) is 19.5 Å². The highest BCUT2D eigenvalue weighted by Crippen LogP contribution is 2.44. The van der Waals surface area contributed by atoms with Crippen molar-refractivity contribution in [2.45, 2.75) is 0 Å². The molecule has 3 aromatic heterocycles. The molecule has 0 aliphatic carbocycles. The van der Waals surface area contributed by atoms with Crippen molar-refractivity contribution in [1.29, 1.82) is 0 Å². The predicted molar refractivity (Wildman–Crippen MR) is 211 cm³/mol. The van der Waals surface area contributed by atoms with E-state index in [0.29, 0.717) is 0 Å². The van der Waals surface area contributed by atoms with Crippen LogP contribution < -0.4 is 0 Å². The first-order chi connectivity index (χ1) is 25.3. The average Bonchev–Trinajstić information content (AvgIpc) is 3.59. The molecule has 0 unspecified atom stereocenters. The van der Waals surface area contributed by atoms with Crippen LogP contribution in [0.15, 0.2) is 182 Å². The first kappa shape index (κ1) is 29.0. The Morgan fingerprint density at radius 2 is 0.980 bits per heavy atom. The minimum Gasteiger partial charge on any atom is -0.291 e. The Bertz CT molecular complexity index is 2850. The van der Waals surface area contributed by atoms with Crippen LogP contribution in [0.4, 0.5) is 0 Å². The lowest BCUT2D eigenvalue weighted by Crippen LogP contribution is -1.99. The molecule has 0 saturated heterocycles. The highest BCUT2D eigenvalue weighted by molar-refractivity contribution is 6.22. The molecule has 10 rings (SSSR count). The summed E-state index contributed by atoms with van der Waals surface area (Å²) < 4.78 is 2.21. The number of hydrogen-bond acceptors (Lipinski definition) is 3. The highest BCUT2D eigenvalue weighted by atomic mass is 15.1. The molecule has 0 bridgehead atoms. The fraction of sp³-hybridized carbons (Fsp3) is 0. The Labute approximate surface area is 295 Å². The van der Waals surface area contributed by atoms with Crippen molar-refractivity contribution in [1.82, 2.24) is 19.5 Å². The minimum absolute atomic E-state index is 0.785. The number of para-hydroxylation sites is 1. The van der Waals surface area contributed by atoms with Crippen molar-refractivity contribution >= 4 is 43.4 Å². The van der Waals surface area contributed by atoms with Crippen LogP contribution in [0.2, 0.25) is 0 Å². The summed E-state index contributed by atoms with van der Waals surface area (Å²) in [5, 5.41) is 7.37. The standard InChI is InChI=1S/C47H30N4/c1-2-15-35(16-3-1)51-44-27-26-34(30-43(44)50-47(51)42-23-12-22-41(49-42)40-21-10-11-28-48-40)46-38-19-8-6-17-36(38)45(37-18-7-9-20-39(37)46)33-25-24-31-13-4-5-14-32(31)29-33/h1-30H. The van der Waals surface area contributed by atoms with Crippen molar-refractivity contribution in [3.05, 3.63) is 182 Å². The van der Waals surface area contributed by atoms with Crippen LogP contribution in [0.3, 0.4) is 0 Å². The van der Waals surface area contributed by atoms with Crippen LogP contribution >= 0.6 is 0 Å². The van der Waals surface area contributed by atoms with Crippen molar-refractivity contribution in [3.63, 3.8) is 0 Å². The van der Waals surface area contributed by atoms with Gasteiger partial charge >= 0.3 is 0 Å². The number of pyridine rings is 2. The Morgan fingerprint density at radius 1 is 0.392 bits per heavy atom. The van der Waals surface area contributed by atoms with Crippen molar-refractivity contribution < 1.29 is 0 Å². The average molecular weight is 651 g/mol. The molecule has 0 fully saturated rings. The number of benzene rings is 7. The van der Waals surface area contributed by atoms with E-state index < -0.39 is 0 Å². The van der Waals surface area contributed by atoms with Gasteiger partial charge in [0.05, 0.1) is 22.4 Å². The smallest absolute Gasteiger partial charge is 0.164 e. The van der Waals surface area contributed by atoms with E-state index in [0.717, 1.165) is 45.2 Å². The SMILES string of the molecule is c1ccc(-n2c(-c3cccc(-c4ccccn4)n3)nc3cc(-c4c5ccccc5c(-c5ccc6ccccc6c5)c5ccccc45)ccc32)cc1. The van der Waals surface area contributed by atoms with Crippen LogP contribution in [-0.2, 0) is 0 Å². The molecule has 10 aromatic rings. The minimum atomic E-state index is 0.785. The number of nitrogens with zero attached hydrogens (tertiary/aromatic N) is 4. The number of aromatic nitrogens is 4. The normalized spacial score (nSPS) is 11.5. The summed E-state index contributed by atoms with van der Waals surface area (Å²) in [6.45, 7) is 0. The van der Waals surface area contributed by atoms with Gasteiger partial charge in [0.15, 0.2) is 5.82 Å². The molecule has 0 radical (unpaired) electrons. The third-order valence-corrected chi connectivity index (χ3v) is 9.83. The second-order valence-electron chi connectivity index (χ2n) is 12.8. The molecule has 238 valence electrons. The van der Waals surface area contributed by atoms with Crippen LogP contribution in [0, 0.1) is 0 Å². The lowest BCUT2D eigenvalue weighted by Gasteiger charge is -2.18. The molecule has 0 N–H and O–H groups in total. The number of hydrogen-bond donors (Lipinski definition) is 0. The van der Waals surface area contributed by atoms with Gasteiger partial charge in [0.25, 0.3) is 0 Å². The molecule has 51 heavy (non-hydrogen) atoms. The van der Waals surface area contributed by atoms with Gasteiger partial charge in [0.1, 0.15) is 5.69 Å². The largest absolute Gasteiger partial charge is 0.291 e. The highest BCUT2D eigenvalue weighted by Gasteiger charge is 2.20. The Balaban J connectivity index is 1.21. The van der Waals surface area contributed by atoms with E-state index in [1.165, 1.54) is 49.0 Å². The zero-order valence-electron chi connectivity index (χ0n) is 27.6. The van der Waals surface area contributed by atoms with Gasteiger partial charge in [-0.15, -0.1) is 0 Å². The van der Waals surface area contributed by atoms with Crippen molar-refractivity contribution in [3.8, 4) is 50.8 Å². The Morgan fingerprint density at radius 3 is 1.69 bits per heavy atom. The van der Waals surface area contributed by atoms with Crippen LogP contribution in [0.5, 0.6) is 0 Å². The Hall–Kier alpha value is -6.91. The van der Waals surface area contributed by atoms with E-state index >= 15 is 0 Å². The molecule has 4 nitrogen and oxygen atoms in total. The second-order valence-corrected chi connectivity index (χ2v) is 12.8. The summed E-state index contributed by atoms with van der Waals surface area (Å²) in [4.78, 5) is 14.9. The quantitative estimate of drug-likeness (QED) is 0.174. The van der Waals surface area contributed by atoms with Gasteiger partial charge < -0.3 is 0 Å². The van der Waals surface area contributed by atoms with Crippen LogP contribution in [0.1, 0.15) is 0 Å². The number of imidazole rings is 1. The zero-order valence-corrected chi connectivity index (χ0v) is 27.6. The van der Waals surface area contributed by atoms with Crippen molar-refractivity contribution in [2.24, 2.45) is 0 Å². The molecule has 4 heteroatoms. The molecule has 3 heterocycles. The maximum atomic E-state index is 5.31. The van der Waals surface area contributed by atoms with E-state index in [-0.39, 0.29) is 0 Å². The number of fused-ring (bicyclic) bond motifs is 4. The Kier molecular flexibility index (Phi) is 6.78. The molecule has 0 amide bonds. The van der Waals surface area contributed by atoms with Crippen LogP contribution in [0.25, 0.3) is 94.2 Å². The molecule has 0 spiro atoms. The second kappa shape index (κ2) is 11.9. The third kappa shape index (κ3) is 4.88. The van der Waals surface area contributed by atoms with Gasteiger partial charge in [-0.05, 0) is 109 Å². The summed E-state index contributed by atoms with van der Waals surface area (Å²) >= 11 is 0. The molecule has 0 aliphatic rings. The maximum Gasteiger partial charge on any atom is 0.164 e. The van der Waals surface area contributed by atoms with E-state index in [1.54, 1.807) is 6.20 Å². The topological polar surface area (TPSA) is 43.6 Å². The first-order valence-electron chi connectivity index (χ1n) is 17.2. The summed E-state index contributed by atoms with van der Waals surface area (Å²) in [6, 6.07) is 62.0. The molecule has 7 aromatic carbocycles. The fourth-order valence-electron chi connectivity index (χ4n) is 7.56. The molecule has 0 atom stereocenters. The zero-order chi connectivity index (χ0) is 33.7. The first-order valence-corrected chi connectivity index (χ1v) is 17.2. The maximum absolute atomic E-state index is 5.31. The van der Waals surface area contributed by atoms with E-state index in [1.807, 2.05) is 42.5 Å². The summed E-state index contributed by atoms with van der Waals surface area (Å²) in [5.74, 6) is 0.785. The summed E-state index contributed by atoms with van der Waals surface area (Å²) in [6.07, 6.45) is 1.80. The van der Waals surface area contributed by atoms with Crippen molar-refractivity contribution in [2.75, 3.05) is 0 Å². The van der Waals surface area contributed by atoms with E-state index in [2.05, 4.69) is 143 Å². The molecule has 0 saturated carbocycles. The molecule has 0 aliphatic heterocycles. The summed E-state index contributed by atoms with van der Waals surface area (Å²) in [5.41, 5.74) is 10.2. The lowest BCUT2D eigenvalue weighted by molar-refractivity contribution is 1.08. The van der Waals surface area contributed by atoms with Gasteiger partial charge in [0, 0.05) is 11.9 Å². The van der Waals surface area contributed by atoms with Gasteiger partial charge in [-0.1, -0.05) is 121 Å². The van der Waals surface area contributed by atoms with E-state index in [4.69, 9.17) is 9.97 Å². The number of rotatable bonds is 5. The summed E-state index contributed by atoms with van der Waals surface area (Å²) in [7, 11) is 0. The van der Waals surface area contributed by atoms with Gasteiger partial charge in [-0.2, -0.15) is 0 Å². The monoisotopic (exact) mass is 650 g/mol. The molecular weight excluding hydrogens is 621 g/mol. The lowest BCUT2D eigenvalue weighted by atomic mass is 9.85. The predicted octanol–water partition coefficient (Wildman–Crippen LogP) is 11.9. The third-order valence-electron chi connectivity index (χ3n) is 9.83. The van der Waals surface area contributed by atoms with Gasteiger partial charge in [-0.3, -0.25) is 9.55 Å². The van der Waals surface area contributed by atoms with Gasteiger partial charge in [-0.25, -0.2) is 9.97 Å². The van der Waals surface area contributed by atoms with E-state index in [9.17, 15) is 0 Å².